The molecule has 4 heteroatoms. The van der Waals surface area contributed by atoms with Gasteiger partial charge in [0.25, 0.3) is 0 Å². The second kappa shape index (κ2) is 3.96. The van der Waals surface area contributed by atoms with Crippen molar-refractivity contribution in [3.05, 3.63) is 22.4 Å². The number of ether oxygens (including phenoxy) is 1. The molecular formula is C9H14ClNOS. The average molecular weight is 220 g/mol. The van der Waals surface area contributed by atoms with E-state index in [-0.39, 0.29) is 24.2 Å². The largest absolute Gasteiger partial charge is 0.356 e. The monoisotopic (exact) mass is 219 g/mol. The first-order chi connectivity index (χ1) is 5.67. The lowest BCUT2D eigenvalue weighted by atomic mass is 10.1. The fraction of sp³-hybridized carbons (Fsp3) is 0.556. The zero-order chi connectivity index (χ0) is 8.60. The number of rotatable bonds is 1. The number of halogens is 1. The summed E-state index contributed by atoms with van der Waals surface area (Å²) in [4.78, 5) is 1.26. The van der Waals surface area contributed by atoms with Crippen LogP contribution in [0.5, 0.6) is 0 Å². The first-order valence-electron chi connectivity index (χ1n) is 4.10. The van der Waals surface area contributed by atoms with Crippen molar-refractivity contribution in [2.45, 2.75) is 25.6 Å². The molecule has 2 nitrogen and oxygen atoms in total. The van der Waals surface area contributed by atoms with Gasteiger partial charge in [0, 0.05) is 10.4 Å². The number of hydrogen-bond acceptors (Lipinski definition) is 3. The van der Waals surface area contributed by atoms with Gasteiger partial charge in [0.15, 0.2) is 0 Å². The van der Waals surface area contributed by atoms with Crippen molar-refractivity contribution < 1.29 is 4.74 Å². The van der Waals surface area contributed by atoms with Crippen LogP contribution in [-0.4, -0.2) is 12.1 Å². The fourth-order valence-electron chi connectivity index (χ4n) is 1.32. The number of nitrogens with one attached hydrogen (secondary N) is 1. The van der Waals surface area contributed by atoms with E-state index >= 15 is 0 Å². The minimum absolute atomic E-state index is 0. The molecule has 0 saturated carbocycles. The van der Waals surface area contributed by atoms with Crippen molar-refractivity contribution in [3.63, 3.8) is 0 Å². The molecule has 0 amide bonds. The Balaban J connectivity index is 0.000000845. The van der Waals surface area contributed by atoms with Crippen LogP contribution in [-0.2, 0) is 4.74 Å². The van der Waals surface area contributed by atoms with E-state index in [4.69, 9.17) is 4.74 Å². The lowest BCUT2D eigenvalue weighted by Crippen LogP contribution is -2.35. The van der Waals surface area contributed by atoms with Crippen LogP contribution in [0, 0.1) is 0 Å². The van der Waals surface area contributed by atoms with Crippen molar-refractivity contribution in [1.82, 2.24) is 5.32 Å². The summed E-state index contributed by atoms with van der Waals surface area (Å²) in [5.74, 6) is 0. The minimum Gasteiger partial charge on any atom is -0.356 e. The zero-order valence-electron chi connectivity index (χ0n) is 7.74. The molecule has 1 atom stereocenters. The molecular weight excluding hydrogens is 206 g/mol. The molecule has 1 N–H and O–H groups in total. The molecule has 13 heavy (non-hydrogen) atoms. The Labute approximate surface area is 88.7 Å². The molecule has 1 aliphatic rings. The van der Waals surface area contributed by atoms with Gasteiger partial charge in [0.2, 0.25) is 0 Å². The molecule has 2 rings (SSSR count). The van der Waals surface area contributed by atoms with Gasteiger partial charge in [-0.25, -0.2) is 0 Å². The number of hydrogen-bond donors (Lipinski definition) is 1. The summed E-state index contributed by atoms with van der Waals surface area (Å²) in [6.07, 6.45) is 0.111. The van der Waals surface area contributed by atoms with Crippen LogP contribution in [0.3, 0.4) is 0 Å². The van der Waals surface area contributed by atoms with Crippen molar-refractivity contribution in [2.75, 3.05) is 6.61 Å². The summed E-state index contributed by atoms with van der Waals surface area (Å²) in [6, 6.07) is 4.15. The molecule has 1 aromatic heterocycles. The topological polar surface area (TPSA) is 21.3 Å². The first kappa shape index (κ1) is 11.0. The lowest BCUT2D eigenvalue weighted by Gasteiger charge is -2.15. The second-order valence-corrected chi connectivity index (χ2v) is 4.71. The van der Waals surface area contributed by atoms with E-state index in [0.29, 0.717) is 0 Å². The van der Waals surface area contributed by atoms with Gasteiger partial charge >= 0.3 is 0 Å². The molecule has 0 radical (unpaired) electrons. The third kappa shape index (κ3) is 2.44. The van der Waals surface area contributed by atoms with Gasteiger partial charge in [-0.05, 0) is 25.3 Å². The molecule has 0 spiro atoms. The Morgan fingerprint density at radius 2 is 2.38 bits per heavy atom. The van der Waals surface area contributed by atoms with E-state index in [1.54, 1.807) is 11.3 Å². The predicted octanol–water partition coefficient (Wildman–Crippen LogP) is 2.57. The summed E-state index contributed by atoms with van der Waals surface area (Å²) in [5.41, 5.74) is 0.120. The Morgan fingerprint density at radius 1 is 1.62 bits per heavy atom. The van der Waals surface area contributed by atoms with Gasteiger partial charge in [-0.15, -0.1) is 23.7 Å². The maximum absolute atomic E-state index is 5.61. The third-order valence-electron chi connectivity index (χ3n) is 1.93. The first-order valence-corrected chi connectivity index (χ1v) is 4.98. The molecule has 1 aliphatic heterocycles. The molecule has 0 bridgehead atoms. The quantitative estimate of drug-likeness (QED) is 0.784. The second-order valence-electron chi connectivity index (χ2n) is 3.73. The summed E-state index contributed by atoms with van der Waals surface area (Å²) in [5, 5.41) is 5.50. The Bertz CT molecular complexity index is 261. The van der Waals surface area contributed by atoms with Gasteiger partial charge < -0.3 is 4.74 Å². The van der Waals surface area contributed by atoms with Crippen LogP contribution in [0.25, 0.3) is 0 Å². The van der Waals surface area contributed by atoms with E-state index in [1.165, 1.54) is 4.88 Å². The van der Waals surface area contributed by atoms with Crippen LogP contribution < -0.4 is 5.32 Å². The summed E-state index contributed by atoms with van der Waals surface area (Å²) in [7, 11) is 0. The molecule has 1 unspecified atom stereocenters. The summed E-state index contributed by atoms with van der Waals surface area (Å²) >= 11 is 1.73. The smallest absolute Gasteiger partial charge is 0.144 e. The molecule has 2 heterocycles. The van der Waals surface area contributed by atoms with Crippen molar-refractivity contribution in [1.29, 1.82) is 0 Å². The predicted molar refractivity (Wildman–Crippen MR) is 57.5 cm³/mol. The van der Waals surface area contributed by atoms with Gasteiger partial charge in [0.05, 0.1) is 6.61 Å². The fourth-order valence-corrected chi connectivity index (χ4v) is 2.05. The van der Waals surface area contributed by atoms with E-state index in [2.05, 4.69) is 36.7 Å². The summed E-state index contributed by atoms with van der Waals surface area (Å²) in [6.45, 7) is 5.09. The molecule has 1 aromatic rings. The maximum Gasteiger partial charge on any atom is 0.144 e. The van der Waals surface area contributed by atoms with Crippen molar-refractivity contribution in [2.24, 2.45) is 0 Å². The zero-order valence-corrected chi connectivity index (χ0v) is 9.37. The van der Waals surface area contributed by atoms with Crippen molar-refractivity contribution in [3.8, 4) is 0 Å². The Morgan fingerprint density at radius 3 is 2.85 bits per heavy atom. The highest BCUT2D eigenvalue weighted by molar-refractivity contribution is 7.10. The Hall–Kier alpha value is -0.0900. The minimum atomic E-state index is 0. The van der Waals surface area contributed by atoms with Crippen LogP contribution in [0.1, 0.15) is 25.0 Å². The highest BCUT2D eigenvalue weighted by Crippen LogP contribution is 2.28. The van der Waals surface area contributed by atoms with E-state index in [0.717, 1.165) is 6.61 Å². The highest BCUT2D eigenvalue weighted by atomic mass is 35.5. The maximum atomic E-state index is 5.61. The van der Waals surface area contributed by atoms with Crippen LogP contribution in [0.4, 0.5) is 0 Å². The van der Waals surface area contributed by atoms with Gasteiger partial charge in [-0.2, -0.15) is 0 Å². The molecule has 74 valence electrons. The van der Waals surface area contributed by atoms with E-state index < -0.39 is 0 Å². The third-order valence-corrected chi connectivity index (χ3v) is 2.85. The van der Waals surface area contributed by atoms with E-state index in [9.17, 15) is 0 Å². The van der Waals surface area contributed by atoms with E-state index in [1.807, 2.05) is 0 Å². The SMILES string of the molecule is CC1(C)COC(c2cccs2)N1.Cl. The molecule has 1 saturated heterocycles. The lowest BCUT2D eigenvalue weighted by molar-refractivity contribution is 0.102. The van der Waals surface area contributed by atoms with Gasteiger partial charge in [0.1, 0.15) is 6.23 Å². The molecule has 0 aliphatic carbocycles. The molecule has 1 fully saturated rings. The van der Waals surface area contributed by atoms with Gasteiger partial charge in [-0.3, -0.25) is 5.32 Å². The average Bonchev–Trinajstić information content (AvgIpc) is 2.55. The van der Waals surface area contributed by atoms with Crippen LogP contribution in [0.15, 0.2) is 17.5 Å². The highest BCUT2D eigenvalue weighted by Gasteiger charge is 2.31. The van der Waals surface area contributed by atoms with Crippen LogP contribution >= 0.6 is 23.7 Å². The summed E-state index contributed by atoms with van der Waals surface area (Å²) < 4.78 is 5.61. The normalized spacial score (nSPS) is 25.5. The molecule has 0 aromatic carbocycles. The standard InChI is InChI=1S/C9H13NOS.ClH/c1-9(2)6-11-8(10-9)7-4-3-5-12-7;/h3-5,8,10H,6H2,1-2H3;1H. The Kier molecular flexibility index (Phi) is 3.35. The van der Waals surface area contributed by atoms with Gasteiger partial charge in [-0.1, -0.05) is 6.07 Å². The van der Waals surface area contributed by atoms with Crippen LogP contribution in [0.2, 0.25) is 0 Å². The number of thiophene rings is 1. The van der Waals surface area contributed by atoms with Crippen molar-refractivity contribution >= 4 is 23.7 Å².